The first-order chi connectivity index (χ1) is 8.66. The van der Waals surface area contributed by atoms with E-state index in [1.54, 1.807) is 6.07 Å². The van der Waals surface area contributed by atoms with Gasteiger partial charge in [0.1, 0.15) is 5.82 Å². The third-order valence-electron chi connectivity index (χ3n) is 2.75. The minimum absolute atomic E-state index is 0.352. The van der Waals surface area contributed by atoms with Gasteiger partial charge < -0.3 is 10.0 Å². The van der Waals surface area contributed by atoms with Gasteiger partial charge in [-0.15, -0.1) is 0 Å². The summed E-state index contributed by atoms with van der Waals surface area (Å²) in [5.74, 6) is 0.702. The van der Waals surface area contributed by atoms with Crippen molar-refractivity contribution in [1.29, 1.82) is 0 Å². The number of aliphatic carboxylic acids is 1. The third kappa shape index (κ3) is 3.26. The van der Waals surface area contributed by atoms with E-state index in [0.29, 0.717) is 5.56 Å². The molecule has 0 atom stereocenters. The van der Waals surface area contributed by atoms with E-state index in [1.165, 1.54) is 18.2 Å². The molecule has 0 unspecified atom stereocenters. The van der Waals surface area contributed by atoms with Gasteiger partial charge in [-0.3, -0.25) is 0 Å². The van der Waals surface area contributed by atoms with E-state index in [1.807, 2.05) is 11.8 Å². The quantitative estimate of drug-likeness (QED) is 0.854. The molecule has 0 spiro atoms. The Hall–Kier alpha value is -1.49. The molecule has 5 heteroatoms. The van der Waals surface area contributed by atoms with Crippen molar-refractivity contribution in [3.8, 4) is 0 Å². The summed E-state index contributed by atoms with van der Waals surface area (Å²) in [6.07, 6.45) is 2.49. The van der Waals surface area contributed by atoms with E-state index in [2.05, 4.69) is 4.90 Å². The maximum Gasteiger partial charge on any atom is 0.328 e. The van der Waals surface area contributed by atoms with Crippen molar-refractivity contribution in [3.05, 3.63) is 35.7 Å². The molecule has 0 saturated carbocycles. The zero-order valence-corrected chi connectivity index (χ0v) is 10.6. The maximum absolute atomic E-state index is 13.2. The molecule has 1 heterocycles. The van der Waals surface area contributed by atoms with Crippen LogP contribution >= 0.6 is 11.8 Å². The number of nitrogens with zero attached hydrogens (tertiary/aromatic N) is 1. The molecule has 0 bridgehead atoms. The molecule has 1 saturated heterocycles. The largest absolute Gasteiger partial charge is 0.478 e. The summed E-state index contributed by atoms with van der Waals surface area (Å²) in [6.45, 7) is 1.81. The van der Waals surface area contributed by atoms with Crippen LogP contribution in [0.5, 0.6) is 0 Å². The molecular weight excluding hydrogens is 253 g/mol. The topological polar surface area (TPSA) is 40.5 Å². The van der Waals surface area contributed by atoms with Crippen LogP contribution in [0.15, 0.2) is 24.3 Å². The van der Waals surface area contributed by atoms with Crippen molar-refractivity contribution < 1.29 is 14.3 Å². The van der Waals surface area contributed by atoms with Gasteiger partial charge in [-0.2, -0.15) is 11.8 Å². The number of carboxylic acid groups (broad SMARTS) is 1. The molecule has 0 aliphatic carbocycles. The first-order valence-electron chi connectivity index (χ1n) is 5.70. The fourth-order valence-corrected chi connectivity index (χ4v) is 2.82. The van der Waals surface area contributed by atoms with E-state index in [4.69, 9.17) is 5.11 Å². The van der Waals surface area contributed by atoms with Gasteiger partial charge in [0.2, 0.25) is 0 Å². The van der Waals surface area contributed by atoms with Crippen LogP contribution in [-0.4, -0.2) is 35.7 Å². The Bertz CT molecular complexity index is 470. The number of rotatable bonds is 3. The van der Waals surface area contributed by atoms with Crippen molar-refractivity contribution >= 4 is 29.5 Å². The molecule has 0 radical (unpaired) electrons. The Labute approximate surface area is 109 Å². The minimum atomic E-state index is -1.03. The lowest BCUT2D eigenvalue weighted by Gasteiger charge is -2.29. The van der Waals surface area contributed by atoms with E-state index in [9.17, 15) is 9.18 Å². The van der Waals surface area contributed by atoms with Crippen LogP contribution in [-0.2, 0) is 4.79 Å². The first-order valence-corrected chi connectivity index (χ1v) is 6.85. The molecule has 0 amide bonds. The van der Waals surface area contributed by atoms with Crippen molar-refractivity contribution in [2.24, 2.45) is 0 Å². The fraction of sp³-hybridized carbons (Fsp3) is 0.308. The normalized spacial score (nSPS) is 16.2. The smallest absolute Gasteiger partial charge is 0.328 e. The highest BCUT2D eigenvalue weighted by atomic mass is 32.2. The van der Waals surface area contributed by atoms with E-state index < -0.39 is 5.97 Å². The highest BCUT2D eigenvalue weighted by molar-refractivity contribution is 7.99. The number of anilines is 1. The van der Waals surface area contributed by atoms with Gasteiger partial charge >= 0.3 is 5.97 Å². The van der Waals surface area contributed by atoms with Crippen molar-refractivity contribution in [2.75, 3.05) is 29.5 Å². The number of carbonyl (C=O) groups is 1. The lowest BCUT2D eigenvalue weighted by atomic mass is 10.1. The number of carboxylic acids is 1. The summed E-state index contributed by atoms with van der Waals surface area (Å²) in [5.41, 5.74) is 1.51. The number of benzene rings is 1. The van der Waals surface area contributed by atoms with Gasteiger partial charge in [-0.05, 0) is 24.3 Å². The third-order valence-corrected chi connectivity index (χ3v) is 3.69. The molecular formula is C13H14FNO2S. The van der Waals surface area contributed by atoms with Gasteiger partial charge in [-0.25, -0.2) is 9.18 Å². The van der Waals surface area contributed by atoms with E-state index in [0.717, 1.165) is 36.4 Å². The summed E-state index contributed by atoms with van der Waals surface area (Å²) in [7, 11) is 0. The second kappa shape index (κ2) is 5.91. The van der Waals surface area contributed by atoms with Crippen LogP contribution in [0.1, 0.15) is 5.56 Å². The standard InChI is InChI=1S/C13H14FNO2S/c14-11-2-3-12(15-5-7-18-8-6-15)10(9-11)1-4-13(16)17/h1-4,9H,5-8H2,(H,16,17)/b4-1+. The average Bonchev–Trinajstić information content (AvgIpc) is 2.37. The Morgan fingerprint density at radius 1 is 1.39 bits per heavy atom. The highest BCUT2D eigenvalue weighted by Crippen LogP contribution is 2.25. The number of thioether (sulfide) groups is 1. The second-order valence-electron chi connectivity index (χ2n) is 3.97. The number of hydrogen-bond donors (Lipinski definition) is 1. The molecule has 2 rings (SSSR count). The molecule has 1 aromatic carbocycles. The first kappa shape index (κ1) is 13.0. The Kier molecular flexibility index (Phi) is 4.25. The summed E-state index contributed by atoms with van der Waals surface area (Å²) >= 11 is 1.89. The Balaban J connectivity index is 2.30. The lowest BCUT2D eigenvalue weighted by Crippen LogP contribution is -2.32. The van der Waals surface area contributed by atoms with E-state index >= 15 is 0 Å². The summed E-state index contributed by atoms with van der Waals surface area (Å²) in [4.78, 5) is 12.7. The molecule has 3 nitrogen and oxygen atoms in total. The molecule has 18 heavy (non-hydrogen) atoms. The maximum atomic E-state index is 13.2. The molecule has 1 aliphatic heterocycles. The predicted molar refractivity (Wildman–Crippen MR) is 72.6 cm³/mol. The zero-order chi connectivity index (χ0) is 13.0. The molecule has 0 aromatic heterocycles. The SMILES string of the molecule is O=C(O)/C=C/c1cc(F)ccc1N1CCSCC1. The summed E-state index contributed by atoms with van der Waals surface area (Å²) < 4.78 is 13.2. The van der Waals surface area contributed by atoms with Crippen molar-refractivity contribution in [1.82, 2.24) is 0 Å². The fourth-order valence-electron chi connectivity index (χ4n) is 1.91. The van der Waals surface area contributed by atoms with Gasteiger partial charge in [0.25, 0.3) is 0 Å². The van der Waals surface area contributed by atoms with E-state index in [-0.39, 0.29) is 5.82 Å². The van der Waals surface area contributed by atoms with Crippen LogP contribution in [0.25, 0.3) is 6.08 Å². The number of halogens is 1. The van der Waals surface area contributed by atoms with Crippen LogP contribution in [0, 0.1) is 5.82 Å². The Morgan fingerprint density at radius 3 is 2.78 bits per heavy atom. The monoisotopic (exact) mass is 267 g/mol. The molecule has 1 aliphatic rings. The van der Waals surface area contributed by atoms with Crippen molar-refractivity contribution in [2.45, 2.75) is 0 Å². The van der Waals surface area contributed by atoms with Crippen LogP contribution in [0.3, 0.4) is 0 Å². The molecule has 1 aromatic rings. The second-order valence-corrected chi connectivity index (χ2v) is 5.20. The summed E-state index contributed by atoms with van der Waals surface area (Å²) in [6, 6.07) is 4.50. The molecule has 96 valence electrons. The highest BCUT2D eigenvalue weighted by Gasteiger charge is 2.14. The van der Waals surface area contributed by atoms with Crippen LogP contribution in [0.2, 0.25) is 0 Å². The van der Waals surface area contributed by atoms with Crippen molar-refractivity contribution in [3.63, 3.8) is 0 Å². The lowest BCUT2D eigenvalue weighted by molar-refractivity contribution is -0.131. The minimum Gasteiger partial charge on any atom is -0.478 e. The zero-order valence-electron chi connectivity index (χ0n) is 9.80. The van der Waals surface area contributed by atoms with Gasteiger partial charge in [0.05, 0.1) is 0 Å². The van der Waals surface area contributed by atoms with Gasteiger partial charge in [0, 0.05) is 41.9 Å². The van der Waals surface area contributed by atoms with Crippen LogP contribution < -0.4 is 4.90 Å². The molecule has 1 N–H and O–H groups in total. The van der Waals surface area contributed by atoms with Gasteiger partial charge in [0.15, 0.2) is 0 Å². The molecule has 1 fully saturated rings. The van der Waals surface area contributed by atoms with Gasteiger partial charge in [-0.1, -0.05) is 0 Å². The number of hydrogen-bond acceptors (Lipinski definition) is 3. The predicted octanol–water partition coefficient (Wildman–Crippen LogP) is 2.48. The Morgan fingerprint density at radius 2 is 2.11 bits per heavy atom. The summed E-state index contributed by atoms with van der Waals surface area (Å²) in [5, 5.41) is 8.65. The van der Waals surface area contributed by atoms with Crippen LogP contribution in [0.4, 0.5) is 10.1 Å². The average molecular weight is 267 g/mol.